The number of phenols is 1. The summed E-state index contributed by atoms with van der Waals surface area (Å²) < 4.78 is 24.0. The van der Waals surface area contributed by atoms with Gasteiger partial charge in [-0.1, -0.05) is 27.7 Å². The van der Waals surface area contributed by atoms with Crippen molar-refractivity contribution in [3.63, 3.8) is 0 Å². The van der Waals surface area contributed by atoms with Gasteiger partial charge in [0.2, 0.25) is 5.91 Å². The largest absolute Gasteiger partial charge is 0.506 e. The molecular formula is C19H29NO4S. The van der Waals surface area contributed by atoms with E-state index in [0.29, 0.717) is 5.92 Å². The molecule has 1 fully saturated rings. The van der Waals surface area contributed by atoms with Crippen LogP contribution in [0.3, 0.4) is 0 Å². The number of benzene rings is 1. The summed E-state index contributed by atoms with van der Waals surface area (Å²) in [6.45, 7) is 8.26. The Hall–Kier alpha value is -1.56. The Balaban J connectivity index is 2.08. The van der Waals surface area contributed by atoms with Gasteiger partial charge in [0.15, 0.2) is 9.84 Å². The summed E-state index contributed by atoms with van der Waals surface area (Å²) in [5.74, 6) is 0.232. The Labute approximate surface area is 150 Å². The van der Waals surface area contributed by atoms with Gasteiger partial charge in [-0.3, -0.25) is 4.79 Å². The second kappa shape index (κ2) is 7.36. The molecule has 1 amide bonds. The number of carbonyl (C=O) groups excluding carboxylic acids is 1. The Morgan fingerprint density at radius 3 is 2.32 bits per heavy atom. The number of aromatic hydroxyl groups is 1. The van der Waals surface area contributed by atoms with Gasteiger partial charge in [-0.2, -0.15) is 0 Å². The molecule has 0 bridgehead atoms. The predicted molar refractivity (Wildman–Crippen MR) is 99.4 cm³/mol. The highest BCUT2D eigenvalue weighted by atomic mass is 32.2. The Morgan fingerprint density at radius 2 is 1.80 bits per heavy atom. The molecule has 25 heavy (non-hydrogen) atoms. The number of carbonyl (C=O) groups is 1. The Kier molecular flexibility index (Phi) is 5.82. The van der Waals surface area contributed by atoms with Crippen molar-refractivity contribution in [1.82, 2.24) is 0 Å². The minimum atomic E-state index is -3.38. The van der Waals surface area contributed by atoms with Crippen molar-refractivity contribution in [2.75, 3.05) is 11.1 Å². The minimum absolute atomic E-state index is 0.0258. The summed E-state index contributed by atoms with van der Waals surface area (Å²) in [6, 6.07) is 4.01. The molecule has 6 heteroatoms. The second-order valence-corrected chi connectivity index (χ2v) is 10.3. The third kappa shape index (κ3) is 4.75. The van der Waals surface area contributed by atoms with E-state index in [1.54, 1.807) is 6.92 Å². The first-order chi connectivity index (χ1) is 11.5. The van der Waals surface area contributed by atoms with E-state index in [4.69, 9.17) is 0 Å². The van der Waals surface area contributed by atoms with E-state index in [0.717, 1.165) is 25.7 Å². The predicted octanol–water partition coefficient (Wildman–Crippen LogP) is 3.98. The van der Waals surface area contributed by atoms with E-state index >= 15 is 0 Å². The molecule has 1 aromatic rings. The molecule has 0 saturated heterocycles. The third-order valence-corrected chi connectivity index (χ3v) is 7.02. The highest BCUT2D eigenvalue weighted by molar-refractivity contribution is 7.91. The zero-order chi connectivity index (χ0) is 18.8. The normalized spacial score (nSPS) is 21.8. The van der Waals surface area contributed by atoms with Crippen molar-refractivity contribution in [3.8, 4) is 5.75 Å². The SMILES string of the molecule is CCS(=O)(=O)c1ccc(O)c(NC(=O)C2CCC(C(C)(C)C)CC2)c1. The lowest BCUT2D eigenvalue weighted by atomic mass is 9.69. The zero-order valence-corrected chi connectivity index (χ0v) is 16.3. The van der Waals surface area contributed by atoms with Gasteiger partial charge in [0.1, 0.15) is 5.75 Å². The van der Waals surface area contributed by atoms with Gasteiger partial charge in [0.25, 0.3) is 0 Å². The topological polar surface area (TPSA) is 83.5 Å². The van der Waals surface area contributed by atoms with Crippen LogP contribution in [0.25, 0.3) is 0 Å². The summed E-state index contributed by atoms with van der Waals surface area (Å²) in [6.07, 6.45) is 3.67. The first-order valence-corrected chi connectivity index (χ1v) is 10.6. The lowest BCUT2D eigenvalue weighted by Gasteiger charge is -2.36. The number of amides is 1. The van der Waals surface area contributed by atoms with Gasteiger partial charge >= 0.3 is 0 Å². The second-order valence-electron chi connectivity index (χ2n) is 7.99. The van der Waals surface area contributed by atoms with Gasteiger partial charge < -0.3 is 10.4 Å². The van der Waals surface area contributed by atoms with Gasteiger partial charge in [0, 0.05) is 5.92 Å². The van der Waals surface area contributed by atoms with E-state index in [1.807, 2.05) is 0 Å². The maximum atomic E-state index is 12.5. The number of anilines is 1. The highest BCUT2D eigenvalue weighted by Crippen LogP contribution is 2.40. The molecule has 0 spiro atoms. The lowest BCUT2D eigenvalue weighted by Crippen LogP contribution is -2.31. The molecule has 1 aliphatic carbocycles. The number of sulfone groups is 1. The summed E-state index contributed by atoms with van der Waals surface area (Å²) in [7, 11) is -3.38. The molecule has 0 aliphatic heterocycles. The van der Waals surface area contributed by atoms with Crippen LogP contribution in [0.5, 0.6) is 5.75 Å². The number of phenolic OH excluding ortho intramolecular Hbond substituents is 1. The van der Waals surface area contributed by atoms with Crippen molar-refractivity contribution in [3.05, 3.63) is 18.2 Å². The van der Waals surface area contributed by atoms with Crippen molar-refractivity contribution in [1.29, 1.82) is 0 Å². The summed E-state index contributed by atoms with van der Waals surface area (Å²) in [4.78, 5) is 12.6. The molecule has 1 saturated carbocycles. The number of rotatable bonds is 4. The van der Waals surface area contributed by atoms with Gasteiger partial charge in [-0.25, -0.2) is 8.42 Å². The van der Waals surface area contributed by atoms with Crippen LogP contribution in [0.4, 0.5) is 5.69 Å². The first-order valence-electron chi connectivity index (χ1n) is 8.91. The van der Waals surface area contributed by atoms with E-state index in [1.165, 1.54) is 18.2 Å². The molecule has 0 heterocycles. The number of hydrogen-bond acceptors (Lipinski definition) is 4. The fraction of sp³-hybridized carbons (Fsp3) is 0.632. The van der Waals surface area contributed by atoms with Crippen LogP contribution in [0, 0.1) is 17.3 Å². The van der Waals surface area contributed by atoms with Crippen LogP contribution in [-0.4, -0.2) is 25.2 Å². The first kappa shape index (κ1) is 19.8. The minimum Gasteiger partial charge on any atom is -0.506 e. The van der Waals surface area contributed by atoms with Gasteiger partial charge in [0.05, 0.1) is 16.3 Å². The highest BCUT2D eigenvalue weighted by Gasteiger charge is 2.32. The van der Waals surface area contributed by atoms with E-state index < -0.39 is 9.84 Å². The molecule has 140 valence electrons. The zero-order valence-electron chi connectivity index (χ0n) is 15.5. The van der Waals surface area contributed by atoms with Crippen LogP contribution < -0.4 is 5.32 Å². The molecule has 1 aromatic carbocycles. The van der Waals surface area contributed by atoms with Crippen molar-refractivity contribution >= 4 is 21.4 Å². The van der Waals surface area contributed by atoms with Gasteiger partial charge in [-0.05, 0) is 55.2 Å². The third-order valence-electron chi connectivity index (χ3n) is 5.29. The van der Waals surface area contributed by atoms with E-state index in [2.05, 4.69) is 26.1 Å². The van der Waals surface area contributed by atoms with Crippen LogP contribution in [0.1, 0.15) is 53.4 Å². The lowest BCUT2D eigenvalue weighted by molar-refractivity contribution is -0.121. The summed E-state index contributed by atoms with van der Waals surface area (Å²) >= 11 is 0. The molecule has 5 nitrogen and oxygen atoms in total. The number of nitrogens with one attached hydrogen (secondary N) is 1. The molecule has 0 aromatic heterocycles. The van der Waals surface area contributed by atoms with Crippen molar-refractivity contribution in [2.24, 2.45) is 17.3 Å². The smallest absolute Gasteiger partial charge is 0.227 e. The molecule has 0 radical (unpaired) electrons. The van der Waals surface area contributed by atoms with Gasteiger partial charge in [-0.15, -0.1) is 0 Å². The van der Waals surface area contributed by atoms with E-state index in [9.17, 15) is 18.3 Å². The van der Waals surface area contributed by atoms with E-state index in [-0.39, 0.29) is 39.3 Å². The average Bonchev–Trinajstić information content (AvgIpc) is 2.56. The van der Waals surface area contributed by atoms with Crippen LogP contribution in [0.15, 0.2) is 23.1 Å². The van der Waals surface area contributed by atoms with Crippen LogP contribution in [0.2, 0.25) is 0 Å². The maximum absolute atomic E-state index is 12.5. The summed E-state index contributed by atoms with van der Waals surface area (Å²) in [5, 5.41) is 12.7. The fourth-order valence-electron chi connectivity index (χ4n) is 3.43. The Bertz CT molecular complexity index is 726. The molecule has 0 atom stereocenters. The molecule has 2 N–H and O–H groups in total. The Morgan fingerprint density at radius 1 is 1.20 bits per heavy atom. The standard InChI is InChI=1S/C19H29NO4S/c1-5-25(23,24)15-10-11-17(21)16(12-15)20-18(22)13-6-8-14(9-7-13)19(2,3)4/h10-14,21H,5-9H2,1-4H3,(H,20,22). The molecule has 1 aliphatic rings. The monoisotopic (exact) mass is 367 g/mol. The maximum Gasteiger partial charge on any atom is 0.227 e. The average molecular weight is 368 g/mol. The fourth-order valence-corrected chi connectivity index (χ4v) is 4.34. The van der Waals surface area contributed by atoms with Crippen LogP contribution in [-0.2, 0) is 14.6 Å². The van der Waals surface area contributed by atoms with Crippen molar-refractivity contribution in [2.45, 2.75) is 58.3 Å². The molecule has 2 rings (SSSR count). The number of hydrogen-bond donors (Lipinski definition) is 2. The molecular weight excluding hydrogens is 338 g/mol. The summed E-state index contributed by atoms with van der Waals surface area (Å²) in [5.41, 5.74) is 0.417. The quantitative estimate of drug-likeness (QED) is 0.789. The van der Waals surface area contributed by atoms with Crippen molar-refractivity contribution < 1.29 is 18.3 Å². The van der Waals surface area contributed by atoms with Crippen LogP contribution >= 0.6 is 0 Å². The molecule has 0 unspecified atom stereocenters.